The van der Waals surface area contributed by atoms with Crippen molar-refractivity contribution in [2.24, 2.45) is 5.92 Å². The highest BCUT2D eigenvalue weighted by Crippen LogP contribution is 2.47. The lowest BCUT2D eigenvalue weighted by Gasteiger charge is -2.24. The first-order valence-electron chi connectivity index (χ1n) is 11.3. The number of halogens is 2. The Balaban J connectivity index is 1.61. The molecule has 0 bridgehead atoms. The fourth-order valence-electron chi connectivity index (χ4n) is 4.68. The minimum atomic E-state index is -0.864. The quantitative estimate of drug-likeness (QED) is 0.259. The van der Waals surface area contributed by atoms with Crippen LogP contribution in [0.4, 0.5) is 0 Å². The molecule has 1 aromatic carbocycles. The average Bonchev–Trinajstić information content (AvgIpc) is 3.33. The third kappa shape index (κ3) is 6.47. The summed E-state index contributed by atoms with van der Waals surface area (Å²) in [4.78, 5) is 12.6. The summed E-state index contributed by atoms with van der Waals surface area (Å²) < 4.78 is 0. The van der Waals surface area contributed by atoms with Gasteiger partial charge in [0.25, 0.3) is 0 Å². The van der Waals surface area contributed by atoms with Crippen LogP contribution in [0.3, 0.4) is 0 Å². The third-order valence-corrected chi connectivity index (χ3v) is 8.47. The van der Waals surface area contributed by atoms with Crippen molar-refractivity contribution < 1.29 is 15.0 Å². The molecule has 0 amide bonds. The van der Waals surface area contributed by atoms with E-state index in [0.717, 1.165) is 61.8 Å². The predicted octanol–water partition coefficient (Wildman–Crippen LogP) is 7.40. The summed E-state index contributed by atoms with van der Waals surface area (Å²) in [7, 11) is 0. The SMILES string of the molecule is CCCCCC(O)c1ccc(C2C(Cl)CC(Cl)C2CCCc2ccc(C(=O)O)s2)cc1. The fraction of sp³-hybridized carbons (Fsp3) is 0.560. The Labute approximate surface area is 199 Å². The van der Waals surface area contributed by atoms with Gasteiger partial charge in [-0.2, -0.15) is 0 Å². The lowest BCUT2D eigenvalue weighted by atomic mass is 9.84. The van der Waals surface area contributed by atoms with E-state index in [4.69, 9.17) is 28.3 Å². The van der Waals surface area contributed by atoms with E-state index in [2.05, 4.69) is 19.1 Å². The summed E-state index contributed by atoms with van der Waals surface area (Å²) in [5.74, 6) is -0.367. The number of carboxylic acids is 1. The van der Waals surface area contributed by atoms with Gasteiger partial charge in [0.15, 0.2) is 0 Å². The predicted molar refractivity (Wildman–Crippen MR) is 130 cm³/mol. The Bertz CT molecular complexity index is 836. The van der Waals surface area contributed by atoms with E-state index in [1.165, 1.54) is 16.9 Å². The van der Waals surface area contributed by atoms with Crippen molar-refractivity contribution in [3.8, 4) is 0 Å². The molecule has 1 heterocycles. The van der Waals surface area contributed by atoms with Gasteiger partial charge in [-0.05, 0) is 61.3 Å². The minimum absolute atomic E-state index is 0.00757. The van der Waals surface area contributed by atoms with E-state index < -0.39 is 12.1 Å². The van der Waals surface area contributed by atoms with Gasteiger partial charge in [-0.15, -0.1) is 34.5 Å². The molecule has 3 rings (SSSR count). The second kappa shape index (κ2) is 11.7. The molecule has 3 nitrogen and oxygen atoms in total. The molecule has 31 heavy (non-hydrogen) atoms. The van der Waals surface area contributed by atoms with Gasteiger partial charge in [0.2, 0.25) is 0 Å². The number of hydrogen-bond acceptors (Lipinski definition) is 3. The van der Waals surface area contributed by atoms with Crippen LogP contribution in [-0.4, -0.2) is 26.9 Å². The largest absolute Gasteiger partial charge is 0.477 e. The number of aryl methyl sites for hydroxylation is 1. The number of aliphatic hydroxyl groups excluding tert-OH is 1. The molecule has 2 aromatic rings. The molecule has 0 spiro atoms. The second-order valence-corrected chi connectivity index (χ2v) is 10.9. The van der Waals surface area contributed by atoms with E-state index in [0.29, 0.717) is 10.8 Å². The van der Waals surface area contributed by atoms with Crippen molar-refractivity contribution >= 4 is 40.5 Å². The molecule has 1 saturated carbocycles. The summed E-state index contributed by atoms with van der Waals surface area (Å²) >= 11 is 14.8. The van der Waals surface area contributed by atoms with Crippen LogP contribution in [0.5, 0.6) is 0 Å². The van der Waals surface area contributed by atoms with Gasteiger partial charge >= 0.3 is 5.97 Å². The van der Waals surface area contributed by atoms with Gasteiger partial charge in [0.1, 0.15) is 4.88 Å². The van der Waals surface area contributed by atoms with Gasteiger partial charge in [0.05, 0.1) is 6.10 Å². The highest BCUT2D eigenvalue weighted by Gasteiger charge is 2.41. The molecule has 6 heteroatoms. The van der Waals surface area contributed by atoms with E-state index >= 15 is 0 Å². The van der Waals surface area contributed by atoms with Gasteiger partial charge in [-0.3, -0.25) is 0 Å². The van der Waals surface area contributed by atoms with Gasteiger partial charge < -0.3 is 10.2 Å². The maximum atomic E-state index is 11.1. The van der Waals surface area contributed by atoms with Crippen LogP contribution in [0.1, 0.15) is 89.6 Å². The van der Waals surface area contributed by atoms with Crippen molar-refractivity contribution in [2.75, 3.05) is 0 Å². The van der Waals surface area contributed by atoms with E-state index in [9.17, 15) is 9.90 Å². The monoisotopic (exact) mass is 482 g/mol. The highest BCUT2D eigenvalue weighted by atomic mass is 35.5. The molecule has 0 radical (unpaired) electrons. The van der Waals surface area contributed by atoms with Crippen molar-refractivity contribution in [3.63, 3.8) is 0 Å². The number of rotatable bonds is 11. The van der Waals surface area contributed by atoms with Crippen LogP contribution in [0.25, 0.3) is 0 Å². The fourth-order valence-corrected chi connectivity index (χ4v) is 6.66. The molecule has 1 aromatic heterocycles. The van der Waals surface area contributed by atoms with Crippen LogP contribution in [-0.2, 0) is 6.42 Å². The van der Waals surface area contributed by atoms with Gasteiger partial charge in [0, 0.05) is 21.5 Å². The number of alkyl halides is 2. The van der Waals surface area contributed by atoms with Crippen LogP contribution >= 0.6 is 34.5 Å². The topological polar surface area (TPSA) is 57.5 Å². The third-order valence-electron chi connectivity index (χ3n) is 6.39. The lowest BCUT2D eigenvalue weighted by Crippen LogP contribution is -2.17. The smallest absolute Gasteiger partial charge is 0.345 e. The molecule has 1 aliphatic carbocycles. The Morgan fingerprint density at radius 2 is 1.84 bits per heavy atom. The number of carboxylic acid groups (broad SMARTS) is 1. The number of aliphatic hydroxyl groups is 1. The molecule has 0 aliphatic heterocycles. The molecule has 5 unspecified atom stereocenters. The molecule has 5 atom stereocenters. The minimum Gasteiger partial charge on any atom is -0.477 e. The van der Waals surface area contributed by atoms with Crippen LogP contribution in [0, 0.1) is 5.92 Å². The first-order chi connectivity index (χ1) is 14.9. The highest BCUT2D eigenvalue weighted by molar-refractivity contribution is 7.13. The Morgan fingerprint density at radius 1 is 1.10 bits per heavy atom. The Hall–Kier alpha value is -1.07. The number of aromatic carboxylic acids is 1. The summed E-state index contributed by atoms with van der Waals surface area (Å²) in [6.45, 7) is 2.17. The number of carbonyl (C=O) groups is 1. The number of thiophene rings is 1. The maximum absolute atomic E-state index is 11.1. The number of unbranched alkanes of at least 4 members (excludes halogenated alkanes) is 2. The van der Waals surface area contributed by atoms with Crippen LogP contribution < -0.4 is 0 Å². The van der Waals surface area contributed by atoms with Crippen molar-refractivity contribution in [2.45, 2.75) is 81.1 Å². The molecule has 1 aliphatic rings. The van der Waals surface area contributed by atoms with E-state index in [-0.39, 0.29) is 16.7 Å². The molecular formula is C25H32Cl2O3S. The molecular weight excluding hydrogens is 451 g/mol. The van der Waals surface area contributed by atoms with Crippen LogP contribution in [0.2, 0.25) is 0 Å². The Kier molecular flexibility index (Phi) is 9.27. The molecule has 170 valence electrons. The zero-order valence-electron chi connectivity index (χ0n) is 18.0. The molecule has 1 fully saturated rings. The zero-order chi connectivity index (χ0) is 22.4. The average molecular weight is 484 g/mol. The Morgan fingerprint density at radius 3 is 2.48 bits per heavy atom. The lowest BCUT2D eigenvalue weighted by molar-refractivity contribution is 0.0702. The normalized spacial score (nSPS) is 24.4. The maximum Gasteiger partial charge on any atom is 0.345 e. The molecule has 2 N–H and O–H groups in total. The number of hydrogen-bond donors (Lipinski definition) is 2. The van der Waals surface area contributed by atoms with Crippen molar-refractivity contribution in [3.05, 3.63) is 57.3 Å². The summed E-state index contributed by atoms with van der Waals surface area (Å²) in [6.07, 6.45) is 7.31. The second-order valence-electron chi connectivity index (χ2n) is 8.60. The summed E-state index contributed by atoms with van der Waals surface area (Å²) in [5, 5.41) is 19.6. The van der Waals surface area contributed by atoms with Gasteiger partial charge in [-0.25, -0.2) is 4.79 Å². The summed E-state index contributed by atoms with van der Waals surface area (Å²) in [6, 6.07) is 11.9. The zero-order valence-corrected chi connectivity index (χ0v) is 20.3. The summed E-state index contributed by atoms with van der Waals surface area (Å²) in [5.41, 5.74) is 2.16. The molecule has 0 saturated heterocycles. The number of benzene rings is 1. The van der Waals surface area contributed by atoms with Crippen LogP contribution in [0.15, 0.2) is 36.4 Å². The van der Waals surface area contributed by atoms with Gasteiger partial charge in [-0.1, -0.05) is 50.5 Å². The van der Waals surface area contributed by atoms with E-state index in [1.54, 1.807) is 6.07 Å². The van der Waals surface area contributed by atoms with E-state index in [1.807, 2.05) is 18.2 Å². The van der Waals surface area contributed by atoms with Crippen molar-refractivity contribution in [1.29, 1.82) is 0 Å². The standard InChI is InChI=1S/C25H32Cl2O3S/c1-2-3-4-8-22(28)16-9-11-17(12-10-16)24-19(20(26)15-21(24)27)7-5-6-18-13-14-23(31-18)25(29)30/h9-14,19-22,24,28H,2-8,15H2,1H3,(H,29,30). The first kappa shape index (κ1) is 24.6. The van der Waals surface area contributed by atoms with Crippen molar-refractivity contribution in [1.82, 2.24) is 0 Å². The first-order valence-corrected chi connectivity index (χ1v) is 13.0.